The average Bonchev–Trinajstić information content (AvgIpc) is 2.84. The number of hydrogen-bond donors (Lipinski definition) is 1. The Bertz CT molecular complexity index is 1210. The second kappa shape index (κ2) is 11.7. The molecule has 0 atom stereocenters. The topological polar surface area (TPSA) is 98.8 Å². The summed E-state index contributed by atoms with van der Waals surface area (Å²) in [5.41, 5.74) is 4.36. The number of rotatable bonds is 9. The zero-order chi connectivity index (χ0) is 25.4. The van der Waals surface area contributed by atoms with Crippen LogP contribution in [0.1, 0.15) is 50.2 Å². The molecule has 1 amide bonds. The van der Waals surface area contributed by atoms with Crippen molar-refractivity contribution in [3.63, 3.8) is 0 Å². The Morgan fingerprint density at radius 3 is 1.97 bits per heavy atom. The summed E-state index contributed by atoms with van der Waals surface area (Å²) in [6.45, 7) is 5.26. The number of para-hydroxylation sites is 1. The fourth-order valence-electron chi connectivity index (χ4n) is 3.30. The van der Waals surface area contributed by atoms with Gasteiger partial charge in [-0.1, -0.05) is 35.9 Å². The number of ether oxygens (including phenoxy) is 2. The van der Waals surface area contributed by atoms with Gasteiger partial charge in [0.1, 0.15) is 5.75 Å². The molecule has 3 rings (SSSR count). The third kappa shape index (κ3) is 7.37. The Morgan fingerprint density at radius 2 is 1.34 bits per heavy atom. The molecule has 0 bridgehead atoms. The monoisotopic (exact) mass is 473 g/mol. The Balaban J connectivity index is 1.43. The molecule has 0 spiro atoms. The molecule has 3 aromatic rings. The van der Waals surface area contributed by atoms with Gasteiger partial charge in [-0.2, -0.15) is 0 Å². The molecule has 0 heterocycles. The number of Topliss-reactive ketones (excluding diaryl/α,β-unsaturated/α-hetero) is 1. The molecule has 35 heavy (non-hydrogen) atoms. The van der Waals surface area contributed by atoms with Crippen LogP contribution >= 0.6 is 0 Å². The zero-order valence-corrected chi connectivity index (χ0v) is 19.9. The van der Waals surface area contributed by atoms with Crippen molar-refractivity contribution in [1.82, 2.24) is 0 Å². The Kier molecular flexibility index (Phi) is 8.51. The van der Waals surface area contributed by atoms with Crippen LogP contribution in [0.5, 0.6) is 5.75 Å². The number of esters is 2. The molecule has 7 heteroatoms. The van der Waals surface area contributed by atoms with Crippen molar-refractivity contribution in [1.29, 1.82) is 0 Å². The Hall–Kier alpha value is -4.26. The molecule has 0 aliphatic heterocycles. The molecule has 7 nitrogen and oxygen atoms in total. The van der Waals surface area contributed by atoms with E-state index >= 15 is 0 Å². The first kappa shape index (κ1) is 25.4. The summed E-state index contributed by atoms with van der Waals surface area (Å²) in [4.78, 5) is 48.7. The summed E-state index contributed by atoms with van der Waals surface area (Å²) in [5, 5.41) is 2.81. The van der Waals surface area contributed by atoms with Crippen molar-refractivity contribution in [3.05, 3.63) is 94.5 Å². The van der Waals surface area contributed by atoms with Gasteiger partial charge in [0.2, 0.25) is 5.91 Å². The van der Waals surface area contributed by atoms with E-state index in [1.807, 2.05) is 51.1 Å². The van der Waals surface area contributed by atoms with Crippen LogP contribution in [0.15, 0.2) is 66.7 Å². The van der Waals surface area contributed by atoms with Gasteiger partial charge in [-0.05, 0) is 68.3 Å². The van der Waals surface area contributed by atoms with Crippen molar-refractivity contribution >= 4 is 29.3 Å². The number of nitrogens with one attached hydrogen (secondary N) is 1. The van der Waals surface area contributed by atoms with E-state index in [0.717, 1.165) is 22.4 Å². The van der Waals surface area contributed by atoms with Crippen LogP contribution in [-0.2, 0) is 14.3 Å². The van der Waals surface area contributed by atoms with Gasteiger partial charge in [0.05, 0.1) is 12.0 Å². The van der Waals surface area contributed by atoms with Crippen molar-refractivity contribution in [2.75, 3.05) is 11.9 Å². The lowest BCUT2D eigenvalue weighted by atomic mass is 10.1. The van der Waals surface area contributed by atoms with E-state index in [1.54, 1.807) is 12.1 Å². The summed E-state index contributed by atoms with van der Waals surface area (Å²) < 4.78 is 10.3. The number of ketones is 1. The summed E-state index contributed by atoms with van der Waals surface area (Å²) >= 11 is 0. The van der Waals surface area contributed by atoms with E-state index < -0.39 is 24.3 Å². The highest BCUT2D eigenvalue weighted by atomic mass is 16.5. The Labute approximate surface area is 204 Å². The fraction of sp³-hybridized carbons (Fsp3) is 0.214. The standard InChI is InChI=1S/C28H27NO6/c1-18-7-9-22(10-8-18)28(33)35-23-13-11-21(12-14-23)24(30)17-34-26(32)16-15-25(31)29-27-19(2)5-4-6-20(27)3/h4-14H,15-17H2,1-3H3,(H,29,31). The lowest BCUT2D eigenvalue weighted by Gasteiger charge is -2.11. The highest BCUT2D eigenvalue weighted by Gasteiger charge is 2.14. The number of anilines is 1. The molecule has 3 aromatic carbocycles. The van der Waals surface area contributed by atoms with Crippen LogP contribution in [-0.4, -0.2) is 30.2 Å². The molecule has 0 aliphatic carbocycles. The predicted octanol–water partition coefficient (Wildman–Crippen LogP) is 4.98. The minimum absolute atomic E-state index is 0.0537. The van der Waals surface area contributed by atoms with Crippen LogP contribution < -0.4 is 10.1 Å². The smallest absolute Gasteiger partial charge is 0.343 e. The first-order valence-corrected chi connectivity index (χ1v) is 11.2. The minimum atomic E-state index is -0.640. The SMILES string of the molecule is Cc1ccc(C(=O)Oc2ccc(C(=O)COC(=O)CCC(=O)Nc3c(C)cccc3C)cc2)cc1. The molecular formula is C28H27NO6. The molecule has 0 unspecified atom stereocenters. The second-order valence-corrected chi connectivity index (χ2v) is 8.18. The summed E-state index contributed by atoms with van der Waals surface area (Å²) in [7, 11) is 0. The van der Waals surface area contributed by atoms with Gasteiger partial charge < -0.3 is 14.8 Å². The summed E-state index contributed by atoms with van der Waals surface area (Å²) in [6, 6.07) is 18.7. The van der Waals surface area contributed by atoms with Gasteiger partial charge in [0.15, 0.2) is 12.4 Å². The van der Waals surface area contributed by atoms with Crippen molar-refractivity contribution in [2.45, 2.75) is 33.6 Å². The highest BCUT2D eigenvalue weighted by Crippen LogP contribution is 2.20. The van der Waals surface area contributed by atoms with Gasteiger partial charge >= 0.3 is 11.9 Å². The molecule has 1 N–H and O–H groups in total. The van der Waals surface area contributed by atoms with E-state index in [-0.39, 0.29) is 18.7 Å². The van der Waals surface area contributed by atoms with Gasteiger partial charge in [0.25, 0.3) is 0 Å². The minimum Gasteiger partial charge on any atom is -0.457 e. The van der Waals surface area contributed by atoms with Gasteiger partial charge in [-0.3, -0.25) is 14.4 Å². The highest BCUT2D eigenvalue weighted by molar-refractivity contribution is 5.98. The molecule has 180 valence electrons. The third-order valence-electron chi connectivity index (χ3n) is 5.34. The largest absolute Gasteiger partial charge is 0.457 e. The fourth-order valence-corrected chi connectivity index (χ4v) is 3.30. The zero-order valence-electron chi connectivity index (χ0n) is 19.9. The van der Waals surface area contributed by atoms with Crippen LogP contribution in [0, 0.1) is 20.8 Å². The number of benzene rings is 3. The number of amides is 1. The maximum absolute atomic E-state index is 12.3. The Morgan fingerprint density at radius 1 is 0.743 bits per heavy atom. The lowest BCUT2D eigenvalue weighted by Crippen LogP contribution is -2.18. The van der Waals surface area contributed by atoms with Gasteiger partial charge in [-0.25, -0.2) is 4.79 Å². The third-order valence-corrected chi connectivity index (χ3v) is 5.34. The van der Waals surface area contributed by atoms with Crippen molar-refractivity contribution in [2.24, 2.45) is 0 Å². The maximum Gasteiger partial charge on any atom is 0.343 e. The first-order chi connectivity index (χ1) is 16.7. The number of hydrogen-bond acceptors (Lipinski definition) is 6. The summed E-state index contributed by atoms with van der Waals surface area (Å²) in [6.07, 6.45) is -0.195. The van der Waals surface area contributed by atoms with Gasteiger partial charge in [-0.15, -0.1) is 0 Å². The second-order valence-electron chi connectivity index (χ2n) is 8.18. The molecule has 0 radical (unpaired) electrons. The van der Waals surface area contributed by atoms with Crippen LogP contribution in [0.2, 0.25) is 0 Å². The molecular weight excluding hydrogens is 446 g/mol. The average molecular weight is 474 g/mol. The number of carbonyl (C=O) groups excluding carboxylic acids is 4. The predicted molar refractivity (Wildman–Crippen MR) is 132 cm³/mol. The normalized spacial score (nSPS) is 10.4. The molecule has 0 saturated carbocycles. The lowest BCUT2D eigenvalue weighted by molar-refractivity contribution is -0.143. The van der Waals surface area contributed by atoms with E-state index in [4.69, 9.17) is 9.47 Å². The van der Waals surface area contributed by atoms with Crippen molar-refractivity contribution in [3.8, 4) is 5.75 Å². The molecule has 0 aromatic heterocycles. The van der Waals surface area contributed by atoms with E-state index in [9.17, 15) is 19.2 Å². The molecule has 0 fully saturated rings. The van der Waals surface area contributed by atoms with E-state index in [0.29, 0.717) is 16.9 Å². The maximum atomic E-state index is 12.3. The molecule has 0 aliphatic rings. The quantitative estimate of drug-likeness (QED) is 0.267. The summed E-state index contributed by atoms with van der Waals surface area (Å²) in [5.74, 6) is -1.56. The molecule has 0 saturated heterocycles. The van der Waals surface area contributed by atoms with Crippen molar-refractivity contribution < 1.29 is 28.7 Å². The first-order valence-electron chi connectivity index (χ1n) is 11.2. The van der Waals surface area contributed by atoms with E-state index in [2.05, 4.69) is 5.32 Å². The van der Waals surface area contributed by atoms with Crippen LogP contribution in [0.25, 0.3) is 0 Å². The van der Waals surface area contributed by atoms with Crippen LogP contribution in [0.3, 0.4) is 0 Å². The van der Waals surface area contributed by atoms with E-state index in [1.165, 1.54) is 24.3 Å². The number of carbonyl (C=O) groups is 4. The van der Waals surface area contributed by atoms with Gasteiger partial charge in [0, 0.05) is 17.7 Å². The van der Waals surface area contributed by atoms with Crippen LogP contribution in [0.4, 0.5) is 5.69 Å². The number of aryl methyl sites for hydroxylation is 3.